The van der Waals surface area contributed by atoms with E-state index in [2.05, 4.69) is 63.2 Å². The minimum absolute atomic E-state index is 0.295. The van der Waals surface area contributed by atoms with Crippen molar-refractivity contribution < 1.29 is 9.79 Å². The van der Waals surface area contributed by atoms with Crippen molar-refractivity contribution in [3.8, 4) is 0 Å². The summed E-state index contributed by atoms with van der Waals surface area (Å²) in [7, 11) is 1.83. The molecule has 0 unspecified atom stereocenters. The second-order valence-corrected chi connectivity index (χ2v) is 12.6. The average Bonchev–Trinajstić information content (AvgIpc) is 3.31. The van der Waals surface area contributed by atoms with Gasteiger partial charge in [-0.05, 0) is 38.7 Å². The summed E-state index contributed by atoms with van der Waals surface area (Å²) in [6, 6.07) is 12.3. The zero-order valence-electron chi connectivity index (χ0n) is 25.8. The lowest BCUT2D eigenvalue weighted by atomic mass is 9.82. The summed E-state index contributed by atoms with van der Waals surface area (Å²) >= 11 is 0. The first-order chi connectivity index (χ1) is 20.1. The maximum absolute atomic E-state index is 10.1. The van der Waals surface area contributed by atoms with Gasteiger partial charge < -0.3 is 16.2 Å². The molecule has 1 saturated heterocycles. The summed E-state index contributed by atoms with van der Waals surface area (Å²) in [6.45, 7) is 14.7. The smallest absolute Gasteiger partial charge is 0.197 e. The zero-order valence-corrected chi connectivity index (χ0v) is 25.8. The first-order valence-electron chi connectivity index (χ1n) is 15.1. The maximum Gasteiger partial charge on any atom is 0.197 e. The molecule has 0 bridgehead atoms. The van der Waals surface area contributed by atoms with Crippen molar-refractivity contribution in [3.05, 3.63) is 82.3 Å². The molecule has 1 fully saturated rings. The van der Waals surface area contributed by atoms with Gasteiger partial charge in [-0.3, -0.25) is 14.8 Å². The SMILES string of the molecule is CN=C(C1=C(N)C[C@@H](C)C2=C1NC(=Nc1cc[n+](CCN3CCN(CC(C)(C)O)CC3)[nH]1)CC(C)=C2)c1ccccc1. The molecule has 1 aromatic carbocycles. The summed E-state index contributed by atoms with van der Waals surface area (Å²) in [6.07, 6.45) is 5.89. The minimum atomic E-state index is -0.647. The van der Waals surface area contributed by atoms with E-state index in [0.717, 1.165) is 98.6 Å². The summed E-state index contributed by atoms with van der Waals surface area (Å²) in [5.74, 6) is 2.00. The lowest BCUT2D eigenvalue weighted by Gasteiger charge is -2.36. The molecule has 1 aliphatic carbocycles. The summed E-state index contributed by atoms with van der Waals surface area (Å²) in [5, 5.41) is 17.3. The average molecular weight is 572 g/mol. The number of piperazine rings is 1. The van der Waals surface area contributed by atoms with Crippen molar-refractivity contribution in [2.45, 2.75) is 52.7 Å². The van der Waals surface area contributed by atoms with Crippen LogP contribution < -0.4 is 15.7 Å². The van der Waals surface area contributed by atoms with Crippen LogP contribution in [0.15, 0.2) is 86.8 Å². The number of allylic oxidation sites excluding steroid dienone is 4. The second kappa shape index (κ2) is 12.8. The number of amidine groups is 1. The Morgan fingerprint density at radius 3 is 2.52 bits per heavy atom. The number of aromatic amines is 1. The molecule has 5 rings (SSSR count). The standard InChI is InChI=1S/C33H46N8O/c1-23-19-26-24(2)21-27(34)30(31(35-5)25-9-7-6-8-10-25)32(26)37-29(20-23)36-28-11-12-41(38-28)18-17-39-13-15-40(16-14-39)22-33(3,4)42/h6-12,19,24,42H,13-18,20-22H2,1-5H3,(H3,34,35,36,37,38)/p+1/t24-/m1/s1. The van der Waals surface area contributed by atoms with Gasteiger partial charge in [0.25, 0.3) is 0 Å². The van der Waals surface area contributed by atoms with Gasteiger partial charge in [-0.15, -0.1) is 9.78 Å². The molecule has 5 N–H and O–H groups in total. The van der Waals surface area contributed by atoms with Gasteiger partial charge in [-0.1, -0.05) is 48.9 Å². The normalized spacial score (nSPS) is 22.2. The van der Waals surface area contributed by atoms with E-state index >= 15 is 0 Å². The fraction of sp³-hybridized carbons (Fsp3) is 0.485. The topological polar surface area (TPSA) is 109 Å². The highest BCUT2D eigenvalue weighted by molar-refractivity contribution is 6.16. The molecule has 9 nitrogen and oxygen atoms in total. The number of aliphatic imine (C=N–C) groups is 2. The molecule has 0 spiro atoms. The molecule has 0 saturated carbocycles. The third kappa shape index (κ3) is 7.27. The Kier molecular flexibility index (Phi) is 9.11. The quantitative estimate of drug-likeness (QED) is 0.287. The second-order valence-electron chi connectivity index (χ2n) is 12.6. The minimum Gasteiger partial charge on any atom is -0.401 e. The number of hydrogen-bond acceptors (Lipinski definition) is 6. The van der Waals surface area contributed by atoms with Crippen LogP contribution in [0.3, 0.4) is 0 Å². The number of nitrogens with zero attached hydrogens (tertiary/aromatic N) is 5. The van der Waals surface area contributed by atoms with E-state index in [9.17, 15) is 5.11 Å². The maximum atomic E-state index is 10.1. The molecule has 2 aliphatic heterocycles. The number of β-amino-alcohol motifs (C(OH)–C–C–N with tert-alkyl or cyclic N) is 1. The van der Waals surface area contributed by atoms with Gasteiger partial charge in [0, 0.05) is 63.0 Å². The molecule has 2 aromatic rings. The fourth-order valence-corrected chi connectivity index (χ4v) is 6.22. The Hall–Kier alpha value is -3.53. The number of nitrogens with two attached hydrogens (primary N) is 1. The van der Waals surface area contributed by atoms with E-state index in [0.29, 0.717) is 5.92 Å². The molecule has 0 amide bonds. The Morgan fingerprint density at radius 1 is 1.12 bits per heavy atom. The molecule has 1 atom stereocenters. The Labute approximate surface area is 250 Å². The van der Waals surface area contributed by atoms with Crippen LogP contribution >= 0.6 is 0 Å². The van der Waals surface area contributed by atoms with Gasteiger partial charge in [-0.25, -0.2) is 4.99 Å². The van der Waals surface area contributed by atoms with Crippen LogP contribution in [-0.2, 0) is 6.54 Å². The van der Waals surface area contributed by atoms with E-state index in [1.165, 1.54) is 11.1 Å². The van der Waals surface area contributed by atoms with Crippen molar-refractivity contribution in [1.82, 2.24) is 20.2 Å². The summed E-state index contributed by atoms with van der Waals surface area (Å²) < 4.78 is 2.11. The predicted octanol–water partition coefficient (Wildman–Crippen LogP) is 3.29. The fourth-order valence-electron chi connectivity index (χ4n) is 6.22. The van der Waals surface area contributed by atoms with Crippen molar-refractivity contribution >= 4 is 17.4 Å². The molecule has 3 heterocycles. The number of H-pyrrole nitrogens is 1. The van der Waals surface area contributed by atoms with Gasteiger partial charge in [-0.2, -0.15) is 0 Å². The van der Waals surface area contributed by atoms with E-state index in [1.54, 1.807) is 0 Å². The number of aliphatic hydroxyl groups is 1. The van der Waals surface area contributed by atoms with Crippen LogP contribution in [0, 0.1) is 5.92 Å². The number of aromatic nitrogens is 2. The lowest BCUT2D eigenvalue weighted by molar-refractivity contribution is -0.748. The zero-order chi connectivity index (χ0) is 29.9. The molecular weight excluding hydrogens is 524 g/mol. The highest BCUT2D eigenvalue weighted by Gasteiger charge is 2.30. The van der Waals surface area contributed by atoms with Gasteiger partial charge in [0.1, 0.15) is 5.84 Å². The summed E-state index contributed by atoms with van der Waals surface area (Å²) in [4.78, 5) is 14.6. The van der Waals surface area contributed by atoms with Gasteiger partial charge in [0.05, 0.1) is 29.6 Å². The number of rotatable bonds is 8. The molecule has 224 valence electrons. The number of nitrogens with one attached hydrogen (secondary N) is 2. The van der Waals surface area contributed by atoms with Gasteiger partial charge in [0.2, 0.25) is 0 Å². The highest BCUT2D eigenvalue weighted by atomic mass is 16.3. The first-order valence-corrected chi connectivity index (χ1v) is 15.1. The molecule has 42 heavy (non-hydrogen) atoms. The van der Waals surface area contributed by atoms with Crippen LogP contribution in [0.2, 0.25) is 0 Å². The van der Waals surface area contributed by atoms with E-state index < -0.39 is 5.60 Å². The molecule has 3 aliphatic rings. The largest absolute Gasteiger partial charge is 0.401 e. The van der Waals surface area contributed by atoms with E-state index in [1.807, 2.05) is 45.2 Å². The number of hydrogen-bond donors (Lipinski definition) is 4. The third-order valence-electron chi connectivity index (χ3n) is 8.20. The van der Waals surface area contributed by atoms with Crippen LogP contribution in [0.1, 0.15) is 46.1 Å². The van der Waals surface area contributed by atoms with E-state index in [-0.39, 0.29) is 0 Å². The molecule has 1 aromatic heterocycles. The van der Waals surface area contributed by atoms with Gasteiger partial charge in [0.15, 0.2) is 18.6 Å². The first kappa shape index (κ1) is 29.9. The van der Waals surface area contributed by atoms with Crippen LogP contribution in [0.5, 0.6) is 0 Å². The predicted molar refractivity (Wildman–Crippen MR) is 170 cm³/mol. The van der Waals surface area contributed by atoms with Crippen molar-refractivity contribution in [1.29, 1.82) is 0 Å². The monoisotopic (exact) mass is 571 g/mol. The van der Waals surface area contributed by atoms with Crippen LogP contribution in [-0.4, -0.2) is 83.5 Å². The van der Waals surface area contributed by atoms with Crippen molar-refractivity contribution in [2.24, 2.45) is 21.6 Å². The Morgan fingerprint density at radius 2 is 1.83 bits per heavy atom. The van der Waals surface area contributed by atoms with Crippen molar-refractivity contribution in [3.63, 3.8) is 0 Å². The van der Waals surface area contributed by atoms with Crippen molar-refractivity contribution in [2.75, 3.05) is 46.3 Å². The van der Waals surface area contributed by atoms with Gasteiger partial charge >= 0.3 is 0 Å². The molecule has 0 radical (unpaired) electrons. The number of benzene rings is 1. The highest BCUT2D eigenvalue weighted by Crippen LogP contribution is 2.36. The summed E-state index contributed by atoms with van der Waals surface area (Å²) in [5.41, 5.74) is 13.4. The van der Waals surface area contributed by atoms with Crippen LogP contribution in [0.25, 0.3) is 0 Å². The lowest BCUT2D eigenvalue weighted by Crippen LogP contribution is -2.52. The molecule has 9 heteroatoms. The Balaban J connectivity index is 1.30. The van der Waals surface area contributed by atoms with E-state index in [4.69, 9.17) is 15.7 Å². The Bertz CT molecular complexity index is 1420. The van der Waals surface area contributed by atoms with Crippen LogP contribution in [0.4, 0.5) is 5.82 Å². The third-order valence-corrected chi connectivity index (χ3v) is 8.20. The molecular formula is C33H47N8O+.